The molecule has 1 fully saturated rings. The Morgan fingerprint density at radius 3 is 2.12 bits per heavy atom. The molecule has 24 heavy (non-hydrogen) atoms. The van der Waals surface area contributed by atoms with Gasteiger partial charge in [-0.25, -0.2) is 0 Å². The van der Waals surface area contributed by atoms with Gasteiger partial charge in [-0.1, -0.05) is 34.5 Å². The predicted molar refractivity (Wildman–Crippen MR) is 98.1 cm³/mol. The third-order valence-electron chi connectivity index (χ3n) is 4.67. The van der Waals surface area contributed by atoms with E-state index in [1.54, 1.807) is 31.3 Å². The van der Waals surface area contributed by atoms with E-state index in [-0.39, 0.29) is 11.8 Å². The third kappa shape index (κ3) is 3.08. The van der Waals surface area contributed by atoms with Gasteiger partial charge in [-0.15, -0.1) is 0 Å². The minimum Gasteiger partial charge on any atom is -0.355 e. The Bertz CT molecular complexity index is 750. The smallest absolute Gasteiger partial charge is 0.251 e. The average Bonchev–Trinajstić information content (AvgIpc) is 2.55. The molecule has 4 nitrogen and oxygen atoms in total. The number of benzene rings is 2. The van der Waals surface area contributed by atoms with Gasteiger partial charge in [-0.2, -0.15) is 0 Å². The average molecular weight is 387 g/mol. The van der Waals surface area contributed by atoms with Crippen LogP contribution >= 0.6 is 15.9 Å². The molecule has 0 bridgehead atoms. The SMILES string of the molecule is CNC(=O)c1ccc(NC(=O)C2(c3ccc(Br)cc3)CCC2)cc1. The van der Waals surface area contributed by atoms with E-state index in [1.807, 2.05) is 24.3 Å². The molecule has 0 aliphatic heterocycles. The van der Waals surface area contributed by atoms with Crippen LogP contribution in [0.25, 0.3) is 0 Å². The molecular weight excluding hydrogens is 368 g/mol. The molecule has 124 valence electrons. The number of carbonyl (C=O) groups is 2. The number of rotatable bonds is 4. The zero-order chi connectivity index (χ0) is 17.2. The number of hydrogen-bond donors (Lipinski definition) is 2. The number of nitrogens with one attached hydrogen (secondary N) is 2. The van der Waals surface area contributed by atoms with Crippen molar-refractivity contribution >= 4 is 33.4 Å². The van der Waals surface area contributed by atoms with Gasteiger partial charge in [0.2, 0.25) is 5.91 Å². The Morgan fingerprint density at radius 1 is 1.00 bits per heavy atom. The quantitative estimate of drug-likeness (QED) is 0.837. The fraction of sp³-hybridized carbons (Fsp3) is 0.263. The van der Waals surface area contributed by atoms with Crippen molar-refractivity contribution in [1.29, 1.82) is 0 Å². The maximum atomic E-state index is 12.9. The van der Waals surface area contributed by atoms with E-state index in [9.17, 15) is 9.59 Å². The van der Waals surface area contributed by atoms with Crippen LogP contribution in [-0.4, -0.2) is 18.9 Å². The minimum atomic E-state index is -0.444. The fourth-order valence-electron chi connectivity index (χ4n) is 3.05. The Labute approximate surface area is 149 Å². The summed E-state index contributed by atoms with van der Waals surface area (Å²) in [6.07, 6.45) is 2.77. The summed E-state index contributed by atoms with van der Waals surface area (Å²) in [5.74, 6) is -0.123. The lowest BCUT2D eigenvalue weighted by Crippen LogP contribution is -2.46. The first-order chi connectivity index (χ1) is 11.5. The number of amides is 2. The molecule has 3 rings (SSSR count). The Hall–Kier alpha value is -2.14. The van der Waals surface area contributed by atoms with Gasteiger partial charge in [0.05, 0.1) is 5.41 Å². The number of anilines is 1. The normalized spacial score (nSPS) is 15.2. The van der Waals surface area contributed by atoms with E-state index in [1.165, 1.54) is 0 Å². The van der Waals surface area contributed by atoms with Crippen molar-refractivity contribution < 1.29 is 9.59 Å². The van der Waals surface area contributed by atoms with Crippen molar-refractivity contribution in [2.24, 2.45) is 0 Å². The summed E-state index contributed by atoms with van der Waals surface area (Å²) in [6, 6.07) is 14.9. The molecule has 0 saturated heterocycles. The monoisotopic (exact) mass is 386 g/mol. The first-order valence-electron chi connectivity index (χ1n) is 7.95. The van der Waals surface area contributed by atoms with Gasteiger partial charge < -0.3 is 10.6 Å². The van der Waals surface area contributed by atoms with Gasteiger partial charge in [0.25, 0.3) is 5.91 Å². The van der Waals surface area contributed by atoms with Crippen LogP contribution in [0.5, 0.6) is 0 Å². The van der Waals surface area contributed by atoms with Crippen molar-refractivity contribution in [1.82, 2.24) is 5.32 Å². The van der Waals surface area contributed by atoms with Crippen LogP contribution < -0.4 is 10.6 Å². The van der Waals surface area contributed by atoms with Crippen LogP contribution in [0.2, 0.25) is 0 Å². The van der Waals surface area contributed by atoms with Gasteiger partial charge >= 0.3 is 0 Å². The fourth-order valence-corrected chi connectivity index (χ4v) is 3.31. The molecule has 0 aromatic heterocycles. The molecule has 0 unspecified atom stereocenters. The summed E-state index contributed by atoms with van der Waals surface area (Å²) < 4.78 is 1.01. The van der Waals surface area contributed by atoms with Gasteiger partial charge in [0, 0.05) is 22.8 Å². The highest BCUT2D eigenvalue weighted by atomic mass is 79.9. The summed E-state index contributed by atoms with van der Waals surface area (Å²) in [5, 5.41) is 5.58. The van der Waals surface area contributed by atoms with E-state index in [4.69, 9.17) is 0 Å². The molecule has 2 amide bonds. The first-order valence-corrected chi connectivity index (χ1v) is 8.74. The van der Waals surface area contributed by atoms with Gasteiger partial charge in [0.1, 0.15) is 0 Å². The van der Waals surface area contributed by atoms with Crippen LogP contribution in [0.4, 0.5) is 5.69 Å². The van der Waals surface area contributed by atoms with Gasteiger partial charge in [-0.05, 0) is 54.8 Å². The number of halogens is 1. The molecular formula is C19H19BrN2O2. The van der Waals surface area contributed by atoms with Crippen LogP contribution in [0.1, 0.15) is 35.2 Å². The second-order valence-electron chi connectivity index (χ2n) is 6.05. The lowest BCUT2D eigenvalue weighted by Gasteiger charge is -2.40. The van der Waals surface area contributed by atoms with E-state index < -0.39 is 5.41 Å². The topological polar surface area (TPSA) is 58.2 Å². The predicted octanol–water partition coefficient (Wildman–Crippen LogP) is 3.87. The van der Waals surface area contributed by atoms with Gasteiger partial charge in [-0.3, -0.25) is 9.59 Å². The van der Waals surface area contributed by atoms with Crippen molar-refractivity contribution in [3.05, 3.63) is 64.1 Å². The third-order valence-corrected chi connectivity index (χ3v) is 5.20. The molecule has 1 saturated carbocycles. The molecule has 2 aromatic rings. The Kier molecular flexibility index (Phi) is 4.71. The highest BCUT2D eigenvalue weighted by Gasteiger charge is 2.45. The maximum absolute atomic E-state index is 12.9. The summed E-state index contributed by atoms with van der Waals surface area (Å²) in [7, 11) is 1.59. The largest absolute Gasteiger partial charge is 0.355 e. The van der Waals surface area contributed by atoms with Crippen molar-refractivity contribution in [2.75, 3.05) is 12.4 Å². The molecule has 0 radical (unpaired) electrons. The molecule has 1 aliphatic carbocycles. The summed E-state index contributed by atoms with van der Waals surface area (Å²) in [5.41, 5.74) is 1.88. The molecule has 2 N–H and O–H groups in total. The molecule has 2 aromatic carbocycles. The second-order valence-corrected chi connectivity index (χ2v) is 6.97. The van der Waals surface area contributed by atoms with Crippen LogP contribution in [0.15, 0.2) is 53.0 Å². The zero-order valence-electron chi connectivity index (χ0n) is 13.4. The van der Waals surface area contributed by atoms with Crippen LogP contribution in [0.3, 0.4) is 0 Å². The number of carbonyl (C=O) groups excluding carboxylic acids is 2. The summed E-state index contributed by atoms with van der Waals surface area (Å²) in [6.45, 7) is 0. The van der Waals surface area contributed by atoms with E-state index in [0.717, 1.165) is 29.3 Å². The maximum Gasteiger partial charge on any atom is 0.251 e. The molecule has 0 heterocycles. The number of hydrogen-bond acceptors (Lipinski definition) is 2. The molecule has 0 spiro atoms. The first kappa shape index (κ1) is 16.7. The zero-order valence-corrected chi connectivity index (χ0v) is 15.0. The Morgan fingerprint density at radius 2 is 1.62 bits per heavy atom. The lowest BCUT2D eigenvalue weighted by atomic mass is 9.64. The van der Waals surface area contributed by atoms with Gasteiger partial charge in [0.15, 0.2) is 0 Å². The van der Waals surface area contributed by atoms with Crippen LogP contribution in [0, 0.1) is 0 Å². The summed E-state index contributed by atoms with van der Waals surface area (Å²) >= 11 is 3.43. The lowest BCUT2D eigenvalue weighted by molar-refractivity contribution is -0.124. The van der Waals surface area contributed by atoms with Crippen molar-refractivity contribution in [2.45, 2.75) is 24.7 Å². The summed E-state index contributed by atoms with van der Waals surface area (Å²) in [4.78, 5) is 24.4. The molecule has 0 atom stereocenters. The van der Waals surface area contributed by atoms with E-state index in [2.05, 4.69) is 26.6 Å². The van der Waals surface area contributed by atoms with E-state index >= 15 is 0 Å². The highest BCUT2D eigenvalue weighted by molar-refractivity contribution is 9.10. The molecule has 1 aliphatic rings. The van der Waals surface area contributed by atoms with Crippen molar-refractivity contribution in [3.63, 3.8) is 0 Å². The second kappa shape index (κ2) is 6.77. The van der Waals surface area contributed by atoms with E-state index in [0.29, 0.717) is 11.3 Å². The Balaban J connectivity index is 1.78. The van der Waals surface area contributed by atoms with Crippen LogP contribution in [-0.2, 0) is 10.2 Å². The standard InChI is InChI=1S/C19H19BrN2O2/c1-21-17(23)13-3-9-16(10-4-13)22-18(24)19(11-2-12-19)14-5-7-15(20)8-6-14/h3-10H,2,11-12H2,1H3,(H,21,23)(H,22,24). The minimum absolute atomic E-state index is 0.0174. The highest BCUT2D eigenvalue weighted by Crippen LogP contribution is 2.44. The van der Waals surface area contributed by atoms with Crippen molar-refractivity contribution in [3.8, 4) is 0 Å². The molecule has 5 heteroatoms.